The zero-order valence-electron chi connectivity index (χ0n) is 18.1. The molecule has 2 rings (SSSR count). The standard InChI is InChI=1S/C23H29FN2O4/c1-17(14-25-28-5)26(22(27)30-23(2,3)4)15-18-9-11-21(12-10-18)29-16-19-7-6-8-20(24)13-19/h6-14,17H,15-16H2,1-5H3/t17-/m0/s1. The average Bonchev–Trinajstić information content (AvgIpc) is 2.68. The minimum absolute atomic E-state index is 0.270. The number of oxime groups is 1. The van der Waals surface area contributed by atoms with Gasteiger partial charge in [-0.2, -0.15) is 0 Å². The summed E-state index contributed by atoms with van der Waals surface area (Å²) in [6, 6.07) is 13.3. The van der Waals surface area contributed by atoms with Crippen molar-refractivity contribution in [3.05, 3.63) is 65.5 Å². The third-order valence-electron chi connectivity index (χ3n) is 4.07. The molecule has 0 spiro atoms. The summed E-state index contributed by atoms with van der Waals surface area (Å²) in [7, 11) is 1.45. The van der Waals surface area contributed by atoms with Gasteiger partial charge in [0, 0.05) is 6.54 Å². The van der Waals surface area contributed by atoms with Crippen LogP contribution in [-0.2, 0) is 22.7 Å². The number of halogens is 1. The predicted octanol–water partition coefficient (Wildman–Crippen LogP) is 5.16. The zero-order valence-corrected chi connectivity index (χ0v) is 18.1. The Kier molecular flexibility index (Phi) is 8.21. The summed E-state index contributed by atoms with van der Waals surface area (Å²) in [5, 5.41) is 3.77. The normalized spacial score (nSPS) is 12.5. The van der Waals surface area contributed by atoms with Gasteiger partial charge in [-0.1, -0.05) is 29.4 Å². The molecule has 0 aliphatic rings. The Labute approximate surface area is 177 Å². The van der Waals surface area contributed by atoms with Gasteiger partial charge in [-0.3, -0.25) is 4.90 Å². The van der Waals surface area contributed by atoms with E-state index in [1.165, 1.54) is 19.2 Å². The Hall–Kier alpha value is -3.09. The summed E-state index contributed by atoms with van der Waals surface area (Å²) in [6.07, 6.45) is 1.10. The number of hydrogen-bond acceptors (Lipinski definition) is 5. The summed E-state index contributed by atoms with van der Waals surface area (Å²) in [6.45, 7) is 7.90. The van der Waals surface area contributed by atoms with Crippen LogP contribution < -0.4 is 4.74 Å². The van der Waals surface area contributed by atoms with E-state index in [0.717, 1.165) is 11.1 Å². The highest BCUT2D eigenvalue weighted by molar-refractivity contribution is 5.75. The first-order valence-electron chi connectivity index (χ1n) is 9.70. The van der Waals surface area contributed by atoms with E-state index in [2.05, 4.69) is 5.16 Å². The van der Waals surface area contributed by atoms with Crippen molar-refractivity contribution in [2.45, 2.75) is 52.5 Å². The molecule has 0 aliphatic carbocycles. The molecule has 0 N–H and O–H groups in total. The molecule has 30 heavy (non-hydrogen) atoms. The zero-order chi connectivity index (χ0) is 22.1. The first kappa shape index (κ1) is 23.2. The third-order valence-corrected chi connectivity index (χ3v) is 4.07. The van der Waals surface area contributed by atoms with Crippen molar-refractivity contribution in [3.8, 4) is 5.75 Å². The molecule has 162 valence electrons. The number of rotatable bonds is 8. The molecule has 0 aliphatic heterocycles. The molecule has 1 amide bonds. The quantitative estimate of drug-likeness (QED) is 0.440. The number of ether oxygens (including phenoxy) is 2. The molecule has 0 aromatic heterocycles. The van der Waals surface area contributed by atoms with Crippen molar-refractivity contribution >= 4 is 12.3 Å². The fourth-order valence-electron chi connectivity index (χ4n) is 2.61. The molecule has 2 aromatic carbocycles. The number of carbonyl (C=O) groups is 1. The van der Waals surface area contributed by atoms with Gasteiger partial charge >= 0.3 is 6.09 Å². The number of amides is 1. The maximum absolute atomic E-state index is 13.3. The Morgan fingerprint density at radius 2 is 1.87 bits per heavy atom. The second kappa shape index (κ2) is 10.6. The van der Waals surface area contributed by atoms with E-state index in [0.29, 0.717) is 12.3 Å². The average molecular weight is 416 g/mol. The lowest BCUT2D eigenvalue weighted by Gasteiger charge is -2.30. The molecule has 0 saturated carbocycles. The summed E-state index contributed by atoms with van der Waals surface area (Å²) in [4.78, 5) is 19.0. The minimum Gasteiger partial charge on any atom is -0.489 e. The summed E-state index contributed by atoms with van der Waals surface area (Å²) in [5.74, 6) is 0.362. The van der Waals surface area contributed by atoms with Gasteiger partial charge in [-0.05, 0) is 63.1 Å². The summed E-state index contributed by atoms with van der Waals surface area (Å²) < 4.78 is 24.5. The van der Waals surface area contributed by atoms with E-state index in [-0.39, 0.29) is 18.5 Å². The third kappa shape index (κ3) is 7.73. The molecule has 6 nitrogen and oxygen atoms in total. The van der Waals surface area contributed by atoms with E-state index < -0.39 is 11.7 Å². The first-order valence-corrected chi connectivity index (χ1v) is 9.70. The smallest absolute Gasteiger partial charge is 0.411 e. The van der Waals surface area contributed by atoms with Crippen molar-refractivity contribution in [1.82, 2.24) is 4.90 Å². The molecular weight excluding hydrogens is 387 g/mol. The van der Waals surface area contributed by atoms with Crippen LogP contribution >= 0.6 is 0 Å². The summed E-state index contributed by atoms with van der Waals surface area (Å²) >= 11 is 0. The highest BCUT2D eigenvalue weighted by atomic mass is 19.1. The van der Waals surface area contributed by atoms with E-state index >= 15 is 0 Å². The fraction of sp³-hybridized carbons (Fsp3) is 0.391. The molecular formula is C23H29FN2O4. The van der Waals surface area contributed by atoms with Crippen molar-refractivity contribution in [2.75, 3.05) is 7.11 Å². The Morgan fingerprint density at radius 1 is 1.17 bits per heavy atom. The van der Waals surface area contributed by atoms with E-state index in [1.807, 2.05) is 52.0 Å². The van der Waals surface area contributed by atoms with Crippen LogP contribution in [0.1, 0.15) is 38.8 Å². The first-order chi connectivity index (χ1) is 14.2. The second-order valence-corrected chi connectivity index (χ2v) is 7.85. The number of benzene rings is 2. The number of nitrogens with zero attached hydrogens (tertiary/aromatic N) is 2. The van der Waals surface area contributed by atoms with Crippen molar-refractivity contribution in [1.29, 1.82) is 0 Å². The minimum atomic E-state index is -0.609. The van der Waals surface area contributed by atoms with Gasteiger partial charge in [0.1, 0.15) is 30.9 Å². The molecule has 0 saturated heterocycles. The Bertz CT molecular complexity index is 847. The van der Waals surface area contributed by atoms with Crippen LogP contribution in [0.25, 0.3) is 0 Å². The molecule has 0 unspecified atom stereocenters. The molecule has 1 atom stereocenters. The largest absolute Gasteiger partial charge is 0.489 e. The van der Waals surface area contributed by atoms with Crippen molar-refractivity contribution in [2.24, 2.45) is 5.16 Å². The maximum Gasteiger partial charge on any atom is 0.411 e. The van der Waals surface area contributed by atoms with Crippen LogP contribution in [0.15, 0.2) is 53.7 Å². The highest BCUT2D eigenvalue weighted by Gasteiger charge is 2.25. The lowest BCUT2D eigenvalue weighted by atomic mass is 10.1. The van der Waals surface area contributed by atoms with Gasteiger partial charge in [0.2, 0.25) is 0 Å². The Morgan fingerprint density at radius 3 is 2.47 bits per heavy atom. The topological polar surface area (TPSA) is 60.4 Å². The van der Waals surface area contributed by atoms with E-state index in [1.54, 1.807) is 23.2 Å². The summed E-state index contributed by atoms with van der Waals surface area (Å²) in [5.41, 5.74) is 1.04. The maximum atomic E-state index is 13.3. The molecule has 0 bridgehead atoms. The fourth-order valence-corrected chi connectivity index (χ4v) is 2.61. The van der Waals surface area contributed by atoms with Gasteiger partial charge < -0.3 is 14.3 Å². The SMILES string of the molecule is CON=C[C@H](C)N(Cc1ccc(OCc2cccc(F)c2)cc1)C(=O)OC(C)(C)C. The van der Waals surface area contributed by atoms with Gasteiger partial charge in [0.05, 0.1) is 12.3 Å². The van der Waals surface area contributed by atoms with Gasteiger partial charge in [0.25, 0.3) is 0 Å². The van der Waals surface area contributed by atoms with Crippen LogP contribution in [0.2, 0.25) is 0 Å². The van der Waals surface area contributed by atoms with Crippen LogP contribution in [0.5, 0.6) is 5.75 Å². The lowest BCUT2D eigenvalue weighted by molar-refractivity contribution is 0.0208. The van der Waals surface area contributed by atoms with Gasteiger partial charge in [0.15, 0.2) is 0 Å². The Balaban J connectivity index is 2.05. The predicted molar refractivity (Wildman–Crippen MR) is 114 cm³/mol. The molecule has 0 radical (unpaired) electrons. The van der Waals surface area contributed by atoms with E-state index in [4.69, 9.17) is 14.3 Å². The van der Waals surface area contributed by atoms with E-state index in [9.17, 15) is 9.18 Å². The van der Waals surface area contributed by atoms with Crippen molar-refractivity contribution < 1.29 is 23.5 Å². The highest BCUT2D eigenvalue weighted by Crippen LogP contribution is 2.18. The molecule has 2 aromatic rings. The molecule has 0 heterocycles. The van der Waals surface area contributed by atoms with Crippen LogP contribution in [0.4, 0.5) is 9.18 Å². The monoisotopic (exact) mass is 416 g/mol. The van der Waals surface area contributed by atoms with Gasteiger partial charge in [-0.15, -0.1) is 0 Å². The van der Waals surface area contributed by atoms with Crippen LogP contribution in [0.3, 0.4) is 0 Å². The number of hydrogen-bond donors (Lipinski definition) is 0. The van der Waals surface area contributed by atoms with Gasteiger partial charge in [-0.25, -0.2) is 9.18 Å². The van der Waals surface area contributed by atoms with Crippen LogP contribution in [0, 0.1) is 5.82 Å². The lowest BCUT2D eigenvalue weighted by Crippen LogP contribution is -2.42. The molecule has 7 heteroatoms. The molecule has 0 fully saturated rings. The number of carbonyl (C=O) groups excluding carboxylic acids is 1. The van der Waals surface area contributed by atoms with Crippen LogP contribution in [-0.4, -0.2) is 36.0 Å². The second-order valence-electron chi connectivity index (χ2n) is 7.85. The van der Waals surface area contributed by atoms with Crippen molar-refractivity contribution in [3.63, 3.8) is 0 Å².